The molecule has 2 aromatic carbocycles. The lowest BCUT2D eigenvalue weighted by Gasteiger charge is -2.09. The minimum atomic E-state index is -3.40. The van der Waals surface area contributed by atoms with E-state index in [1.165, 1.54) is 0 Å². The first-order valence-corrected chi connectivity index (χ1v) is 8.43. The predicted molar refractivity (Wildman–Crippen MR) is 86.6 cm³/mol. The van der Waals surface area contributed by atoms with Crippen molar-refractivity contribution in [1.29, 1.82) is 0 Å². The van der Waals surface area contributed by atoms with E-state index in [0.29, 0.717) is 5.69 Å². The Hall–Kier alpha value is -1.85. The minimum Gasteiger partial charge on any atom is -0.316 e. The Bertz CT molecular complexity index is 694. The molecule has 0 radical (unpaired) electrons. The van der Waals surface area contributed by atoms with Gasteiger partial charge >= 0.3 is 0 Å². The molecule has 2 aromatic rings. The summed E-state index contributed by atoms with van der Waals surface area (Å²) in [5.41, 5.74) is 3.52. The van der Waals surface area contributed by atoms with E-state index in [2.05, 4.69) is 10.0 Å². The van der Waals surface area contributed by atoms with E-state index in [4.69, 9.17) is 0 Å². The Morgan fingerprint density at radius 2 is 1.67 bits per heavy atom. The monoisotopic (exact) mass is 304 g/mol. The number of nitrogens with one attached hydrogen (secondary N) is 2. The van der Waals surface area contributed by atoms with E-state index in [1.807, 2.05) is 56.4 Å². The van der Waals surface area contributed by atoms with Crippen molar-refractivity contribution in [3.63, 3.8) is 0 Å². The number of anilines is 1. The molecule has 112 valence electrons. The highest BCUT2D eigenvalue weighted by Crippen LogP contribution is 2.14. The maximum Gasteiger partial charge on any atom is 0.236 e. The van der Waals surface area contributed by atoms with Crippen molar-refractivity contribution >= 4 is 15.7 Å². The van der Waals surface area contributed by atoms with Gasteiger partial charge in [-0.2, -0.15) is 0 Å². The SMILES string of the molecule is CNCc1ccc(CS(=O)(=O)Nc2cccc(C)c2)cc1. The van der Waals surface area contributed by atoms with Gasteiger partial charge in [-0.25, -0.2) is 8.42 Å². The maximum absolute atomic E-state index is 12.2. The molecule has 0 aliphatic carbocycles. The molecule has 2 N–H and O–H groups in total. The first kappa shape index (κ1) is 15.5. The van der Waals surface area contributed by atoms with Crippen LogP contribution in [0.5, 0.6) is 0 Å². The Morgan fingerprint density at radius 3 is 2.29 bits per heavy atom. The molecule has 0 saturated heterocycles. The van der Waals surface area contributed by atoms with Crippen LogP contribution in [-0.2, 0) is 22.3 Å². The molecular formula is C16H20N2O2S. The van der Waals surface area contributed by atoms with Gasteiger partial charge in [0, 0.05) is 12.2 Å². The van der Waals surface area contributed by atoms with Crippen molar-refractivity contribution in [2.75, 3.05) is 11.8 Å². The normalized spacial score (nSPS) is 11.3. The number of benzene rings is 2. The lowest BCUT2D eigenvalue weighted by atomic mass is 10.1. The highest BCUT2D eigenvalue weighted by atomic mass is 32.2. The van der Waals surface area contributed by atoms with Crippen molar-refractivity contribution in [2.45, 2.75) is 19.2 Å². The molecule has 5 heteroatoms. The van der Waals surface area contributed by atoms with Gasteiger partial charge in [-0.1, -0.05) is 36.4 Å². The second-order valence-electron chi connectivity index (χ2n) is 5.08. The lowest BCUT2D eigenvalue weighted by Crippen LogP contribution is -2.15. The van der Waals surface area contributed by atoms with Crippen molar-refractivity contribution < 1.29 is 8.42 Å². The number of hydrogen-bond donors (Lipinski definition) is 2. The van der Waals surface area contributed by atoms with Crippen LogP contribution in [0.3, 0.4) is 0 Å². The van der Waals surface area contributed by atoms with Crippen LogP contribution in [0.25, 0.3) is 0 Å². The van der Waals surface area contributed by atoms with Crippen LogP contribution < -0.4 is 10.0 Å². The smallest absolute Gasteiger partial charge is 0.236 e. The molecule has 0 aliphatic heterocycles. The average molecular weight is 304 g/mol. The minimum absolute atomic E-state index is 0.0270. The molecule has 0 atom stereocenters. The summed E-state index contributed by atoms with van der Waals surface area (Å²) in [4.78, 5) is 0. The van der Waals surface area contributed by atoms with E-state index < -0.39 is 10.0 Å². The molecular weight excluding hydrogens is 284 g/mol. The van der Waals surface area contributed by atoms with E-state index >= 15 is 0 Å². The van der Waals surface area contributed by atoms with Crippen LogP contribution in [0, 0.1) is 6.92 Å². The van der Waals surface area contributed by atoms with Crippen molar-refractivity contribution in [3.8, 4) is 0 Å². The van der Waals surface area contributed by atoms with Gasteiger partial charge in [0.1, 0.15) is 0 Å². The molecule has 2 rings (SSSR count). The molecule has 0 aromatic heterocycles. The molecule has 0 fully saturated rings. The third-order valence-corrected chi connectivity index (χ3v) is 4.31. The highest BCUT2D eigenvalue weighted by Gasteiger charge is 2.11. The van der Waals surface area contributed by atoms with Gasteiger partial charge in [0.2, 0.25) is 10.0 Å². The molecule has 0 saturated carbocycles. The quantitative estimate of drug-likeness (QED) is 0.862. The van der Waals surface area contributed by atoms with Gasteiger partial charge in [0.05, 0.1) is 5.75 Å². The van der Waals surface area contributed by atoms with Gasteiger partial charge < -0.3 is 5.32 Å². The zero-order chi connectivity index (χ0) is 15.3. The summed E-state index contributed by atoms with van der Waals surface area (Å²) < 4.78 is 26.9. The summed E-state index contributed by atoms with van der Waals surface area (Å²) in [7, 11) is -1.52. The zero-order valence-electron chi connectivity index (χ0n) is 12.3. The third-order valence-electron chi connectivity index (χ3n) is 3.05. The lowest BCUT2D eigenvalue weighted by molar-refractivity contribution is 0.600. The molecule has 4 nitrogen and oxygen atoms in total. The van der Waals surface area contributed by atoms with Crippen LogP contribution in [-0.4, -0.2) is 15.5 Å². The summed E-state index contributed by atoms with van der Waals surface area (Å²) in [5, 5.41) is 3.06. The van der Waals surface area contributed by atoms with E-state index in [9.17, 15) is 8.42 Å². The number of hydrogen-bond acceptors (Lipinski definition) is 3. The van der Waals surface area contributed by atoms with Crippen LogP contribution in [0.1, 0.15) is 16.7 Å². The molecule has 0 amide bonds. The second kappa shape index (κ2) is 6.74. The summed E-state index contributed by atoms with van der Waals surface area (Å²) >= 11 is 0. The van der Waals surface area contributed by atoms with Crippen LogP contribution >= 0.6 is 0 Å². The molecule has 0 unspecified atom stereocenters. The van der Waals surface area contributed by atoms with Crippen LogP contribution in [0.15, 0.2) is 48.5 Å². The standard InChI is InChI=1S/C16H20N2O2S/c1-13-4-3-5-16(10-13)18-21(19,20)12-15-8-6-14(7-9-15)11-17-2/h3-10,17-18H,11-12H2,1-2H3. The molecule has 0 bridgehead atoms. The van der Waals surface area contributed by atoms with Crippen LogP contribution in [0.4, 0.5) is 5.69 Å². The summed E-state index contributed by atoms with van der Waals surface area (Å²) in [5.74, 6) is -0.0270. The fourth-order valence-electron chi connectivity index (χ4n) is 2.10. The molecule has 0 spiro atoms. The number of sulfonamides is 1. The maximum atomic E-state index is 12.2. The molecule has 0 aliphatic rings. The Labute approximate surface area is 126 Å². The van der Waals surface area contributed by atoms with Gasteiger partial charge in [0.25, 0.3) is 0 Å². The summed E-state index contributed by atoms with van der Waals surface area (Å²) in [6, 6.07) is 14.9. The van der Waals surface area contributed by atoms with Gasteiger partial charge in [0.15, 0.2) is 0 Å². The van der Waals surface area contributed by atoms with Crippen molar-refractivity contribution in [2.24, 2.45) is 0 Å². The van der Waals surface area contributed by atoms with Gasteiger partial charge in [-0.3, -0.25) is 4.72 Å². The van der Waals surface area contributed by atoms with Crippen molar-refractivity contribution in [3.05, 3.63) is 65.2 Å². The molecule has 21 heavy (non-hydrogen) atoms. The Balaban J connectivity index is 2.06. The highest BCUT2D eigenvalue weighted by molar-refractivity contribution is 7.91. The fraction of sp³-hybridized carbons (Fsp3) is 0.250. The number of aryl methyl sites for hydroxylation is 1. The second-order valence-corrected chi connectivity index (χ2v) is 6.80. The zero-order valence-corrected chi connectivity index (χ0v) is 13.1. The van der Waals surface area contributed by atoms with E-state index in [1.54, 1.807) is 6.07 Å². The molecule has 0 heterocycles. The predicted octanol–water partition coefficient (Wildman–Crippen LogP) is 2.66. The largest absolute Gasteiger partial charge is 0.316 e. The topological polar surface area (TPSA) is 58.2 Å². The average Bonchev–Trinajstić information content (AvgIpc) is 2.40. The first-order chi connectivity index (χ1) is 9.98. The third kappa shape index (κ3) is 4.88. The Kier molecular flexibility index (Phi) is 4.98. The number of rotatable bonds is 6. The van der Waals surface area contributed by atoms with Crippen LogP contribution in [0.2, 0.25) is 0 Å². The summed E-state index contributed by atoms with van der Waals surface area (Å²) in [6.07, 6.45) is 0. The van der Waals surface area contributed by atoms with E-state index in [-0.39, 0.29) is 5.75 Å². The van der Waals surface area contributed by atoms with E-state index in [0.717, 1.165) is 23.2 Å². The van der Waals surface area contributed by atoms with Gasteiger partial charge in [-0.05, 0) is 42.8 Å². The summed E-state index contributed by atoms with van der Waals surface area (Å²) in [6.45, 7) is 2.70. The fourth-order valence-corrected chi connectivity index (χ4v) is 3.29. The Morgan fingerprint density at radius 1 is 1.00 bits per heavy atom. The first-order valence-electron chi connectivity index (χ1n) is 6.78. The van der Waals surface area contributed by atoms with Gasteiger partial charge in [-0.15, -0.1) is 0 Å². The van der Waals surface area contributed by atoms with Crippen molar-refractivity contribution in [1.82, 2.24) is 5.32 Å².